The summed E-state index contributed by atoms with van der Waals surface area (Å²) in [6.07, 6.45) is 5.56. The summed E-state index contributed by atoms with van der Waals surface area (Å²) in [4.78, 5) is 28.2. The minimum atomic E-state index is -0.203. The van der Waals surface area contributed by atoms with Crippen LogP contribution >= 0.6 is 12.4 Å². The molecule has 2 saturated heterocycles. The van der Waals surface area contributed by atoms with Gasteiger partial charge in [-0.25, -0.2) is 0 Å². The number of rotatable bonds is 11. The van der Waals surface area contributed by atoms with E-state index in [-0.39, 0.29) is 35.9 Å². The van der Waals surface area contributed by atoms with Gasteiger partial charge in [0.05, 0.1) is 0 Å². The normalized spacial score (nSPS) is 17.3. The summed E-state index contributed by atoms with van der Waals surface area (Å²) in [5, 5.41) is 18.0. The van der Waals surface area contributed by atoms with E-state index in [9.17, 15) is 14.7 Å². The predicted molar refractivity (Wildman–Crippen MR) is 173 cm³/mol. The molecule has 6 rings (SSSR count). The van der Waals surface area contributed by atoms with Gasteiger partial charge in [0.15, 0.2) is 0 Å². The van der Waals surface area contributed by atoms with E-state index in [4.69, 9.17) is 0 Å². The second-order valence-corrected chi connectivity index (χ2v) is 11.5. The number of aromatic hydroxyl groups is 1. The van der Waals surface area contributed by atoms with Crippen molar-refractivity contribution >= 4 is 35.1 Å². The lowest BCUT2D eigenvalue weighted by atomic mass is 9.83. The molecule has 0 aliphatic carbocycles. The van der Waals surface area contributed by atoms with E-state index in [1.165, 1.54) is 6.42 Å². The van der Waals surface area contributed by atoms with E-state index in [0.29, 0.717) is 31.2 Å². The number of amides is 2. The zero-order chi connectivity index (χ0) is 28.9. The van der Waals surface area contributed by atoms with Crippen LogP contribution < -0.4 is 10.6 Å². The van der Waals surface area contributed by atoms with Crippen LogP contribution in [-0.4, -0.2) is 58.6 Å². The number of carbonyl (C=O) groups is 2. The van der Waals surface area contributed by atoms with Crippen molar-refractivity contribution in [2.75, 3.05) is 26.2 Å². The van der Waals surface area contributed by atoms with Crippen molar-refractivity contribution in [2.45, 2.75) is 57.0 Å². The Labute approximate surface area is 259 Å². The molecule has 2 atom stereocenters. The number of para-hydroxylation sites is 1. The summed E-state index contributed by atoms with van der Waals surface area (Å²) in [6, 6.07) is 26.4. The number of benzene rings is 3. The molecule has 3 heterocycles. The molecule has 2 aliphatic heterocycles. The molecule has 2 amide bonds. The fraction of sp³-hybridized carbons (Fsp3) is 0.371. The fourth-order valence-corrected chi connectivity index (χ4v) is 6.72. The number of fused-ring (bicyclic) bond motifs is 1. The summed E-state index contributed by atoms with van der Waals surface area (Å²) < 4.78 is 2.22. The zero-order valence-corrected chi connectivity index (χ0v) is 25.3. The highest BCUT2D eigenvalue weighted by molar-refractivity contribution is 6.03. The third kappa shape index (κ3) is 6.73. The number of nitrogens with one attached hydrogen (secondary N) is 2. The highest BCUT2D eigenvalue weighted by Gasteiger charge is 2.30. The van der Waals surface area contributed by atoms with Crippen LogP contribution in [0.2, 0.25) is 0 Å². The van der Waals surface area contributed by atoms with Crippen molar-refractivity contribution in [1.82, 2.24) is 20.1 Å². The van der Waals surface area contributed by atoms with E-state index < -0.39 is 0 Å². The average molecular weight is 601 g/mol. The second-order valence-electron chi connectivity index (χ2n) is 11.5. The Balaban J connectivity index is 0.00000368. The van der Waals surface area contributed by atoms with Gasteiger partial charge in [-0.2, -0.15) is 0 Å². The van der Waals surface area contributed by atoms with Crippen LogP contribution in [0.15, 0.2) is 78.9 Å². The van der Waals surface area contributed by atoms with Gasteiger partial charge in [-0.05, 0) is 68.0 Å². The Kier molecular flexibility index (Phi) is 10.1. The van der Waals surface area contributed by atoms with Crippen molar-refractivity contribution in [2.24, 2.45) is 0 Å². The van der Waals surface area contributed by atoms with Crippen LogP contribution in [0.3, 0.4) is 0 Å². The molecular formula is C35H41ClN4O3. The van der Waals surface area contributed by atoms with Gasteiger partial charge in [-0.3, -0.25) is 9.59 Å². The van der Waals surface area contributed by atoms with Gasteiger partial charge in [-0.1, -0.05) is 60.7 Å². The smallest absolute Gasteiger partial charge is 0.268 e. The first-order chi connectivity index (χ1) is 20.6. The maximum atomic E-state index is 14.3. The van der Waals surface area contributed by atoms with Crippen LogP contribution in [0.1, 0.15) is 71.6 Å². The molecule has 2 aliphatic rings. The standard InChI is InChI=1S/C35H40N4O3.ClH/c40-28-17-15-26(16-18-28)32(25-9-2-1-3-10-25)33-29-12-4-5-13-30(29)39(24-19-27-11-6-20-36-27)34(33)35(42)37-21-8-23-38-22-7-14-31(38)41;/h1-5,9-10,12-13,15-18,27,32,36,40H,6-8,11,14,19-24H2,(H,37,42);1H. The number of carbonyl (C=O) groups excluding carboxylic acids is 2. The van der Waals surface area contributed by atoms with Crippen LogP contribution in [0.5, 0.6) is 5.75 Å². The molecule has 2 fully saturated rings. The van der Waals surface area contributed by atoms with Crippen molar-refractivity contribution in [3.8, 4) is 5.75 Å². The first-order valence-electron chi connectivity index (χ1n) is 15.3. The third-order valence-electron chi connectivity index (χ3n) is 8.80. The molecule has 7 nitrogen and oxygen atoms in total. The average Bonchev–Trinajstić information content (AvgIpc) is 3.76. The van der Waals surface area contributed by atoms with Gasteiger partial charge in [0.25, 0.3) is 5.91 Å². The van der Waals surface area contributed by atoms with Crippen molar-refractivity contribution in [3.05, 3.63) is 101 Å². The Hall–Kier alpha value is -3.81. The number of likely N-dealkylation sites (tertiary alicyclic amines) is 1. The monoisotopic (exact) mass is 600 g/mol. The quantitative estimate of drug-likeness (QED) is 0.189. The minimum Gasteiger partial charge on any atom is -0.508 e. The van der Waals surface area contributed by atoms with Gasteiger partial charge in [0.1, 0.15) is 11.4 Å². The number of halogens is 1. The Morgan fingerprint density at radius 2 is 1.70 bits per heavy atom. The van der Waals surface area contributed by atoms with Gasteiger partial charge in [-0.15, -0.1) is 12.4 Å². The summed E-state index contributed by atoms with van der Waals surface area (Å²) >= 11 is 0. The van der Waals surface area contributed by atoms with Crippen molar-refractivity contribution in [3.63, 3.8) is 0 Å². The molecule has 0 saturated carbocycles. The molecular weight excluding hydrogens is 560 g/mol. The van der Waals surface area contributed by atoms with E-state index in [1.54, 1.807) is 12.1 Å². The first-order valence-corrected chi connectivity index (χ1v) is 15.3. The van der Waals surface area contributed by atoms with Crippen LogP contribution in [0.4, 0.5) is 0 Å². The van der Waals surface area contributed by atoms with Crippen LogP contribution in [0.25, 0.3) is 10.9 Å². The third-order valence-corrected chi connectivity index (χ3v) is 8.80. The largest absolute Gasteiger partial charge is 0.508 e. The molecule has 3 aromatic carbocycles. The molecule has 1 aromatic heterocycles. The number of phenols is 1. The van der Waals surface area contributed by atoms with Crippen LogP contribution in [0, 0.1) is 0 Å². The molecule has 4 aromatic rings. The van der Waals surface area contributed by atoms with Gasteiger partial charge in [0.2, 0.25) is 5.91 Å². The van der Waals surface area contributed by atoms with E-state index in [1.807, 2.05) is 47.4 Å². The topological polar surface area (TPSA) is 86.6 Å². The second kappa shape index (κ2) is 14.1. The van der Waals surface area contributed by atoms with Gasteiger partial charge in [0, 0.05) is 61.0 Å². The maximum absolute atomic E-state index is 14.3. The Morgan fingerprint density at radius 3 is 2.42 bits per heavy atom. The van der Waals surface area contributed by atoms with E-state index in [2.05, 4.69) is 39.5 Å². The Bertz CT molecular complexity index is 1530. The molecule has 0 radical (unpaired) electrons. The number of aryl methyl sites for hydroxylation is 1. The molecule has 8 heteroatoms. The number of hydrogen-bond acceptors (Lipinski definition) is 4. The first kappa shape index (κ1) is 30.6. The summed E-state index contributed by atoms with van der Waals surface area (Å²) in [7, 11) is 0. The summed E-state index contributed by atoms with van der Waals surface area (Å²) in [6.45, 7) is 3.77. The number of nitrogens with zero attached hydrogens (tertiary/aromatic N) is 2. The van der Waals surface area contributed by atoms with E-state index >= 15 is 0 Å². The number of hydrogen-bond donors (Lipinski definition) is 3. The maximum Gasteiger partial charge on any atom is 0.268 e. The lowest BCUT2D eigenvalue weighted by molar-refractivity contribution is -0.127. The number of phenolic OH excluding ortho intramolecular Hbond substituents is 1. The Morgan fingerprint density at radius 1 is 0.953 bits per heavy atom. The number of aromatic nitrogens is 1. The molecule has 2 unspecified atom stereocenters. The molecule has 3 N–H and O–H groups in total. The van der Waals surface area contributed by atoms with Gasteiger partial charge < -0.3 is 25.2 Å². The highest BCUT2D eigenvalue weighted by atomic mass is 35.5. The van der Waals surface area contributed by atoms with Crippen LogP contribution in [-0.2, 0) is 11.3 Å². The van der Waals surface area contributed by atoms with Gasteiger partial charge >= 0.3 is 0 Å². The molecule has 43 heavy (non-hydrogen) atoms. The van der Waals surface area contributed by atoms with Crippen molar-refractivity contribution < 1.29 is 14.7 Å². The predicted octanol–water partition coefficient (Wildman–Crippen LogP) is 5.83. The SMILES string of the molecule is Cl.O=C(NCCCN1CCCC1=O)c1c(C(c2ccccc2)c2ccc(O)cc2)c2ccccc2n1CCC1CCCN1. The van der Waals surface area contributed by atoms with Crippen molar-refractivity contribution in [1.29, 1.82) is 0 Å². The molecule has 226 valence electrons. The lowest BCUT2D eigenvalue weighted by Crippen LogP contribution is -2.32. The summed E-state index contributed by atoms with van der Waals surface area (Å²) in [5.74, 6) is 0.133. The van der Waals surface area contributed by atoms with E-state index in [0.717, 1.165) is 72.9 Å². The lowest BCUT2D eigenvalue weighted by Gasteiger charge is -2.22. The summed E-state index contributed by atoms with van der Waals surface area (Å²) in [5.41, 5.74) is 4.83. The fourth-order valence-electron chi connectivity index (χ4n) is 6.72. The molecule has 0 bridgehead atoms. The molecule has 0 spiro atoms. The minimum absolute atomic E-state index is 0. The highest BCUT2D eigenvalue weighted by Crippen LogP contribution is 2.40. The zero-order valence-electron chi connectivity index (χ0n) is 24.5.